The molecule has 1 unspecified atom stereocenters. The molecule has 0 saturated heterocycles. The Hall–Kier alpha value is -3.50. The van der Waals surface area contributed by atoms with Crippen LogP contribution in [0, 0.1) is 0 Å². The standard InChI is InChI=1S/C17H22N2O.C6H8O7/c1-14(18(2)3)13-19-11-7-10-16(19)17(20)12-15-8-5-4-6-9-15;7-3(8)1-6(13,5(11)12)2-4(9)10/h4-11,14H,12-13H2,1-3H3;13H,1-2H2,(H,7,8)(H,9,10)(H,11,12). The second-order valence-corrected chi connectivity index (χ2v) is 8.07. The average molecular weight is 462 g/mol. The van der Waals surface area contributed by atoms with E-state index >= 15 is 0 Å². The lowest BCUT2D eigenvalue weighted by Gasteiger charge is -2.25. The molecule has 180 valence electrons. The number of carbonyl (C=O) groups is 4. The summed E-state index contributed by atoms with van der Waals surface area (Å²) < 4.78 is 2.07. The van der Waals surface area contributed by atoms with E-state index in [0.29, 0.717) is 12.5 Å². The lowest BCUT2D eigenvalue weighted by molar-refractivity contribution is -0.884. The van der Waals surface area contributed by atoms with Crippen LogP contribution in [0.1, 0.15) is 35.8 Å². The Morgan fingerprint density at radius 1 is 1.00 bits per heavy atom. The van der Waals surface area contributed by atoms with Gasteiger partial charge < -0.3 is 34.7 Å². The molecule has 2 rings (SSSR count). The van der Waals surface area contributed by atoms with Crippen molar-refractivity contribution in [3.63, 3.8) is 0 Å². The number of nitrogens with one attached hydrogen (secondary N) is 1. The highest BCUT2D eigenvalue weighted by atomic mass is 16.4. The number of aliphatic hydroxyl groups is 1. The van der Waals surface area contributed by atoms with Gasteiger partial charge in [0.1, 0.15) is 11.6 Å². The third-order valence-corrected chi connectivity index (χ3v) is 5.05. The highest BCUT2D eigenvalue weighted by molar-refractivity contribution is 5.96. The smallest absolute Gasteiger partial charge is 0.306 e. The Kier molecular flexibility index (Phi) is 10.4. The van der Waals surface area contributed by atoms with Crippen LogP contribution in [0.5, 0.6) is 0 Å². The number of nitrogens with zero attached hydrogens (tertiary/aromatic N) is 1. The fourth-order valence-electron chi connectivity index (χ4n) is 2.88. The molecular weight excluding hydrogens is 432 g/mol. The molecule has 0 spiro atoms. The highest BCUT2D eigenvalue weighted by Crippen LogP contribution is 2.14. The van der Waals surface area contributed by atoms with Crippen LogP contribution in [-0.4, -0.2) is 69.3 Å². The summed E-state index contributed by atoms with van der Waals surface area (Å²) >= 11 is 0. The van der Waals surface area contributed by atoms with Gasteiger partial charge in [-0.25, -0.2) is 0 Å². The SMILES string of the molecule is CC(Cn1cccc1C(=O)Cc1ccccc1)[NH+](C)C.O=C(O)CC(O)(CC(=O)O)C(=O)[O-]. The Morgan fingerprint density at radius 3 is 2.00 bits per heavy atom. The number of aromatic nitrogens is 1. The molecule has 1 heterocycles. The van der Waals surface area contributed by atoms with Gasteiger partial charge in [-0.3, -0.25) is 14.4 Å². The van der Waals surface area contributed by atoms with Crippen molar-refractivity contribution in [2.45, 2.75) is 44.4 Å². The monoisotopic (exact) mass is 462 g/mol. The molecule has 0 fully saturated rings. The summed E-state index contributed by atoms with van der Waals surface area (Å²) in [7, 11) is 4.28. The van der Waals surface area contributed by atoms with E-state index in [4.69, 9.17) is 15.3 Å². The summed E-state index contributed by atoms with van der Waals surface area (Å²) in [5.41, 5.74) is -0.976. The third-order valence-electron chi connectivity index (χ3n) is 5.05. The first-order valence-corrected chi connectivity index (χ1v) is 10.3. The summed E-state index contributed by atoms with van der Waals surface area (Å²) in [5, 5.41) is 35.5. The fourth-order valence-corrected chi connectivity index (χ4v) is 2.88. The van der Waals surface area contributed by atoms with Crippen molar-refractivity contribution in [3.8, 4) is 0 Å². The summed E-state index contributed by atoms with van der Waals surface area (Å²) in [5.74, 6) is -5.17. The molecule has 2 aromatic rings. The number of aliphatic carboxylic acids is 3. The van der Waals surface area contributed by atoms with E-state index in [9.17, 15) is 24.3 Å². The van der Waals surface area contributed by atoms with E-state index in [1.807, 2.05) is 48.7 Å². The van der Waals surface area contributed by atoms with Gasteiger partial charge in [0, 0.05) is 12.6 Å². The lowest BCUT2D eigenvalue weighted by atomic mass is 9.96. The van der Waals surface area contributed by atoms with Crippen molar-refractivity contribution >= 4 is 23.7 Å². The van der Waals surface area contributed by atoms with Gasteiger partial charge in [-0.1, -0.05) is 30.3 Å². The third kappa shape index (κ3) is 9.26. The maximum Gasteiger partial charge on any atom is 0.306 e. The van der Waals surface area contributed by atoms with Gasteiger partial charge in [-0.2, -0.15) is 0 Å². The van der Waals surface area contributed by atoms with Crippen LogP contribution < -0.4 is 10.0 Å². The van der Waals surface area contributed by atoms with E-state index in [1.54, 1.807) is 0 Å². The summed E-state index contributed by atoms with van der Waals surface area (Å²) in [6, 6.07) is 14.3. The molecule has 10 nitrogen and oxygen atoms in total. The van der Waals surface area contributed by atoms with E-state index in [1.165, 1.54) is 4.90 Å². The predicted octanol–water partition coefficient (Wildman–Crippen LogP) is -1.14. The lowest BCUT2D eigenvalue weighted by Crippen LogP contribution is -3.10. The largest absolute Gasteiger partial charge is 0.547 e. The van der Waals surface area contributed by atoms with Crippen molar-refractivity contribution in [2.75, 3.05) is 14.1 Å². The van der Waals surface area contributed by atoms with Crippen LogP contribution in [0.3, 0.4) is 0 Å². The average Bonchev–Trinajstić information content (AvgIpc) is 3.16. The molecular formula is C23H30N2O8. The molecule has 10 heteroatoms. The molecule has 0 radical (unpaired) electrons. The summed E-state index contributed by atoms with van der Waals surface area (Å²) in [4.78, 5) is 44.1. The number of Topliss-reactive ketones (excluding diaryl/α,β-unsaturated/α-hetero) is 1. The Labute approximate surface area is 191 Å². The van der Waals surface area contributed by atoms with E-state index in [2.05, 4.69) is 25.6 Å². The van der Waals surface area contributed by atoms with Crippen LogP contribution >= 0.6 is 0 Å². The highest BCUT2D eigenvalue weighted by Gasteiger charge is 2.34. The number of rotatable bonds is 11. The normalized spacial score (nSPS) is 11.9. The minimum Gasteiger partial charge on any atom is -0.547 e. The van der Waals surface area contributed by atoms with E-state index in [0.717, 1.165) is 17.8 Å². The fraction of sp³-hybridized carbons (Fsp3) is 0.391. The van der Waals surface area contributed by atoms with Gasteiger partial charge in [0.2, 0.25) is 0 Å². The molecule has 4 N–H and O–H groups in total. The van der Waals surface area contributed by atoms with Gasteiger partial charge in [0.15, 0.2) is 5.78 Å². The molecule has 0 saturated carbocycles. The number of hydrogen-bond donors (Lipinski definition) is 4. The predicted molar refractivity (Wildman–Crippen MR) is 116 cm³/mol. The molecule has 0 bridgehead atoms. The first kappa shape index (κ1) is 27.5. The zero-order chi connectivity index (χ0) is 25.2. The Bertz CT molecular complexity index is 936. The zero-order valence-electron chi connectivity index (χ0n) is 18.9. The maximum atomic E-state index is 12.4. The number of hydrogen-bond acceptors (Lipinski definition) is 6. The Balaban J connectivity index is 0.000000366. The van der Waals surface area contributed by atoms with Crippen molar-refractivity contribution < 1.29 is 44.5 Å². The molecule has 0 amide bonds. The van der Waals surface area contributed by atoms with Crippen LogP contribution in [0.25, 0.3) is 0 Å². The summed E-state index contributed by atoms with van der Waals surface area (Å²) in [6.45, 7) is 3.06. The molecule has 33 heavy (non-hydrogen) atoms. The van der Waals surface area contributed by atoms with Gasteiger partial charge in [-0.05, 0) is 24.6 Å². The van der Waals surface area contributed by atoms with Gasteiger partial charge >= 0.3 is 11.9 Å². The van der Waals surface area contributed by atoms with Gasteiger partial charge in [0.05, 0.1) is 45.1 Å². The van der Waals surface area contributed by atoms with E-state index < -0.39 is 36.4 Å². The van der Waals surface area contributed by atoms with Crippen LogP contribution in [-0.2, 0) is 27.3 Å². The van der Waals surface area contributed by atoms with Crippen molar-refractivity contribution in [3.05, 3.63) is 59.9 Å². The maximum absolute atomic E-state index is 12.4. The topological polar surface area (TPSA) is 161 Å². The second-order valence-electron chi connectivity index (χ2n) is 8.07. The molecule has 0 aliphatic heterocycles. The number of benzene rings is 1. The van der Waals surface area contributed by atoms with Gasteiger partial charge in [0.25, 0.3) is 0 Å². The number of likely N-dealkylation sites (N-methyl/N-ethyl adjacent to an activating group) is 1. The number of quaternary nitrogens is 1. The molecule has 0 aliphatic carbocycles. The van der Waals surface area contributed by atoms with Gasteiger partial charge in [-0.15, -0.1) is 0 Å². The quantitative estimate of drug-likeness (QED) is 0.305. The molecule has 1 aromatic carbocycles. The number of ketones is 1. The van der Waals surface area contributed by atoms with Crippen LogP contribution in [0.4, 0.5) is 0 Å². The first-order chi connectivity index (χ1) is 15.4. The molecule has 0 aliphatic rings. The summed E-state index contributed by atoms with van der Waals surface area (Å²) in [6.07, 6.45) is 0.0506. The number of carboxylic acids is 3. The van der Waals surface area contributed by atoms with Crippen LogP contribution in [0.15, 0.2) is 48.7 Å². The van der Waals surface area contributed by atoms with Crippen molar-refractivity contribution in [2.24, 2.45) is 0 Å². The van der Waals surface area contributed by atoms with Crippen molar-refractivity contribution in [1.82, 2.24) is 4.57 Å². The Morgan fingerprint density at radius 2 is 1.55 bits per heavy atom. The van der Waals surface area contributed by atoms with Crippen LogP contribution in [0.2, 0.25) is 0 Å². The van der Waals surface area contributed by atoms with E-state index in [-0.39, 0.29) is 5.78 Å². The van der Waals surface area contributed by atoms with Crippen molar-refractivity contribution in [1.29, 1.82) is 0 Å². The number of carboxylic acid groups (broad SMARTS) is 3. The molecule has 1 atom stereocenters. The first-order valence-electron chi connectivity index (χ1n) is 10.3. The second kappa shape index (κ2) is 12.5. The zero-order valence-corrected chi connectivity index (χ0v) is 18.9. The minimum atomic E-state index is -2.85. The minimum absolute atomic E-state index is 0.183. The molecule has 1 aromatic heterocycles. The number of carbonyl (C=O) groups excluding carboxylic acids is 2.